The van der Waals surface area contributed by atoms with Crippen LogP contribution in [0.3, 0.4) is 0 Å². The molecule has 0 aliphatic carbocycles. The lowest BCUT2D eigenvalue weighted by molar-refractivity contribution is 0.549. The minimum atomic E-state index is -0.151. The number of hydrogen-bond donors (Lipinski definition) is 0. The van der Waals surface area contributed by atoms with Crippen LogP contribution < -0.4 is 10.5 Å². The fourth-order valence-corrected chi connectivity index (χ4v) is 3.36. The lowest BCUT2D eigenvalue weighted by Crippen LogP contribution is -2.25. The first kappa shape index (κ1) is 15.8. The van der Waals surface area contributed by atoms with Crippen LogP contribution in [0.25, 0.3) is 11.0 Å². The molecule has 23 heavy (non-hydrogen) atoms. The summed E-state index contributed by atoms with van der Waals surface area (Å²) in [7, 11) is 3.58. The number of anilines is 1. The van der Waals surface area contributed by atoms with Gasteiger partial charge >= 0.3 is 0 Å². The van der Waals surface area contributed by atoms with Gasteiger partial charge in [-0.25, -0.2) is 4.68 Å². The van der Waals surface area contributed by atoms with Crippen LogP contribution >= 0.6 is 15.9 Å². The molecule has 0 N–H and O–H groups in total. The number of furan rings is 1. The number of benzene rings is 1. The van der Waals surface area contributed by atoms with Gasteiger partial charge < -0.3 is 9.32 Å². The molecule has 0 saturated carbocycles. The fourth-order valence-electron chi connectivity index (χ4n) is 2.70. The van der Waals surface area contributed by atoms with Crippen molar-refractivity contribution in [3.63, 3.8) is 0 Å². The van der Waals surface area contributed by atoms with Gasteiger partial charge in [-0.05, 0) is 22.0 Å². The molecule has 0 aliphatic rings. The van der Waals surface area contributed by atoms with Crippen LogP contribution in [0.1, 0.15) is 18.2 Å². The summed E-state index contributed by atoms with van der Waals surface area (Å²) in [6, 6.07) is 8.03. The number of rotatable bonds is 4. The molecule has 120 valence electrons. The molecule has 0 bridgehead atoms. The first-order chi connectivity index (χ1) is 11.0. The molecule has 0 fully saturated rings. The molecule has 0 amide bonds. The van der Waals surface area contributed by atoms with Crippen LogP contribution in [0.4, 0.5) is 5.69 Å². The van der Waals surface area contributed by atoms with Gasteiger partial charge in [-0.2, -0.15) is 5.10 Å². The topological polar surface area (TPSA) is 51.3 Å². The van der Waals surface area contributed by atoms with E-state index < -0.39 is 0 Å². The second-order valence-electron chi connectivity index (χ2n) is 5.48. The van der Waals surface area contributed by atoms with Gasteiger partial charge in [0.1, 0.15) is 15.8 Å². The van der Waals surface area contributed by atoms with E-state index in [1.54, 1.807) is 13.2 Å². The maximum absolute atomic E-state index is 12.0. The van der Waals surface area contributed by atoms with E-state index in [9.17, 15) is 4.79 Å². The third-order valence-corrected chi connectivity index (χ3v) is 4.71. The van der Waals surface area contributed by atoms with Crippen molar-refractivity contribution in [3.05, 3.63) is 56.6 Å². The van der Waals surface area contributed by atoms with Crippen molar-refractivity contribution in [1.82, 2.24) is 9.78 Å². The summed E-state index contributed by atoms with van der Waals surface area (Å²) in [5, 5.41) is 5.22. The van der Waals surface area contributed by atoms with Crippen LogP contribution in [-0.4, -0.2) is 16.8 Å². The van der Waals surface area contributed by atoms with Gasteiger partial charge in [-0.3, -0.25) is 4.79 Å². The van der Waals surface area contributed by atoms with Gasteiger partial charge in [0.05, 0.1) is 11.9 Å². The molecular weight excluding hydrogens is 358 g/mol. The zero-order valence-corrected chi connectivity index (χ0v) is 14.9. The van der Waals surface area contributed by atoms with E-state index >= 15 is 0 Å². The molecule has 0 unspecified atom stereocenters. The molecule has 2 heterocycles. The molecule has 2 aromatic heterocycles. The molecular formula is C17H18BrN3O2. The lowest BCUT2D eigenvalue weighted by Gasteiger charge is -2.20. The van der Waals surface area contributed by atoms with Crippen LogP contribution in [0.5, 0.6) is 0 Å². The smallest absolute Gasteiger partial charge is 0.282 e. The molecule has 0 saturated heterocycles. The van der Waals surface area contributed by atoms with Gasteiger partial charge in [0.25, 0.3) is 5.56 Å². The Kier molecular flexibility index (Phi) is 4.26. The fraction of sp³-hybridized carbons (Fsp3) is 0.294. The average molecular weight is 376 g/mol. The standard InChI is InChI=1S/C17H18BrN3O2/c1-4-14-12(11-7-5-6-8-15(11)23-14)10-20(2)13-9-19-21(3)17(22)16(13)18/h5-9H,4,10H2,1-3H3. The number of aromatic nitrogens is 2. The highest BCUT2D eigenvalue weighted by atomic mass is 79.9. The Morgan fingerprint density at radius 2 is 2.09 bits per heavy atom. The zero-order valence-electron chi connectivity index (χ0n) is 13.3. The molecule has 0 atom stereocenters. The van der Waals surface area contributed by atoms with Crippen LogP contribution in [0.2, 0.25) is 0 Å². The van der Waals surface area contributed by atoms with E-state index in [4.69, 9.17) is 4.42 Å². The zero-order chi connectivity index (χ0) is 16.6. The molecule has 0 spiro atoms. The minimum absolute atomic E-state index is 0.151. The van der Waals surface area contributed by atoms with Crippen molar-refractivity contribution in [3.8, 4) is 0 Å². The maximum atomic E-state index is 12.0. The number of fused-ring (bicyclic) bond motifs is 1. The van der Waals surface area contributed by atoms with Gasteiger partial charge in [-0.1, -0.05) is 25.1 Å². The quantitative estimate of drug-likeness (QED) is 0.700. The van der Waals surface area contributed by atoms with Crippen molar-refractivity contribution in [2.45, 2.75) is 19.9 Å². The highest BCUT2D eigenvalue weighted by molar-refractivity contribution is 9.10. The summed E-state index contributed by atoms with van der Waals surface area (Å²) >= 11 is 3.38. The lowest BCUT2D eigenvalue weighted by atomic mass is 10.1. The van der Waals surface area contributed by atoms with Crippen molar-refractivity contribution >= 4 is 32.6 Å². The average Bonchev–Trinajstić information content (AvgIpc) is 2.90. The Balaban J connectivity index is 2.02. The second-order valence-corrected chi connectivity index (χ2v) is 6.28. The normalized spacial score (nSPS) is 11.1. The number of halogens is 1. The van der Waals surface area contributed by atoms with Crippen LogP contribution in [-0.2, 0) is 20.0 Å². The van der Waals surface area contributed by atoms with Crippen LogP contribution in [0, 0.1) is 0 Å². The van der Waals surface area contributed by atoms with Crippen molar-refractivity contribution in [1.29, 1.82) is 0 Å². The number of nitrogens with zero attached hydrogens (tertiary/aromatic N) is 3. The molecule has 0 radical (unpaired) electrons. The molecule has 5 nitrogen and oxygen atoms in total. The third-order valence-electron chi connectivity index (χ3n) is 3.97. The van der Waals surface area contributed by atoms with Crippen molar-refractivity contribution in [2.24, 2.45) is 7.05 Å². The Labute approximate surface area is 142 Å². The van der Waals surface area contributed by atoms with Crippen LogP contribution in [0.15, 0.2) is 44.1 Å². The first-order valence-electron chi connectivity index (χ1n) is 7.45. The van der Waals surface area contributed by atoms with E-state index in [2.05, 4.69) is 34.0 Å². The van der Waals surface area contributed by atoms with E-state index in [0.29, 0.717) is 11.0 Å². The monoisotopic (exact) mass is 375 g/mol. The second kappa shape index (κ2) is 6.20. The summed E-state index contributed by atoms with van der Waals surface area (Å²) in [5.74, 6) is 0.978. The largest absolute Gasteiger partial charge is 0.461 e. The summed E-state index contributed by atoms with van der Waals surface area (Å²) < 4.78 is 7.77. The summed E-state index contributed by atoms with van der Waals surface area (Å²) in [5.41, 5.74) is 2.66. The Hall–Kier alpha value is -2.08. The number of hydrogen-bond acceptors (Lipinski definition) is 4. The Morgan fingerprint density at radius 1 is 1.35 bits per heavy atom. The Morgan fingerprint density at radius 3 is 2.83 bits per heavy atom. The van der Waals surface area contributed by atoms with Gasteiger partial charge in [0, 0.05) is 38.0 Å². The van der Waals surface area contributed by atoms with E-state index in [1.807, 2.05) is 30.1 Å². The summed E-state index contributed by atoms with van der Waals surface area (Å²) in [4.78, 5) is 14.0. The highest BCUT2D eigenvalue weighted by Gasteiger charge is 2.17. The van der Waals surface area contributed by atoms with E-state index in [0.717, 1.165) is 34.4 Å². The van der Waals surface area contributed by atoms with Gasteiger partial charge in [0.2, 0.25) is 0 Å². The molecule has 3 rings (SSSR count). The van der Waals surface area contributed by atoms with Gasteiger partial charge in [0.15, 0.2) is 0 Å². The van der Waals surface area contributed by atoms with Gasteiger partial charge in [-0.15, -0.1) is 0 Å². The molecule has 3 aromatic rings. The minimum Gasteiger partial charge on any atom is -0.461 e. The number of para-hydroxylation sites is 1. The van der Waals surface area contributed by atoms with Crippen molar-refractivity contribution in [2.75, 3.05) is 11.9 Å². The predicted octanol–water partition coefficient (Wildman–Crippen LogP) is 3.49. The summed E-state index contributed by atoms with van der Waals surface area (Å²) in [6.07, 6.45) is 2.52. The highest BCUT2D eigenvalue weighted by Crippen LogP contribution is 2.29. The van der Waals surface area contributed by atoms with Crippen molar-refractivity contribution < 1.29 is 4.42 Å². The Bertz CT molecular complexity index is 914. The maximum Gasteiger partial charge on any atom is 0.282 e. The molecule has 0 aliphatic heterocycles. The van der Waals surface area contributed by atoms with E-state index in [1.165, 1.54) is 4.68 Å². The van der Waals surface area contributed by atoms with E-state index in [-0.39, 0.29) is 5.56 Å². The SMILES string of the molecule is CCc1oc2ccccc2c1CN(C)c1cnn(C)c(=O)c1Br. The third kappa shape index (κ3) is 2.79. The first-order valence-corrected chi connectivity index (χ1v) is 8.24. The predicted molar refractivity (Wildman–Crippen MR) is 94.9 cm³/mol. The molecule has 6 heteroatoms. The summed E-state index contributed by atoms with van der Waals surface area (Å²) in [6.45, 7) is 2.73. The number of aryl methyl sites for hydroxylation is 2. The molecule has 1 aromatic carbocycles.